The van der Waals surface area contributed by atoms with Crippen molar-refractivity contribution in [1.82, 2.24) is 14.8 Å². The molecular formula is C15H14ClN3. The minimum Gasteiger partial charge on any atom is -0.263 e. The number of aryl methyl sites for hydroxylation is 2. The van der Waals surface area contributed by atoms with E-state index in [1.807, 2.05) is 16.9 Å². The standard InChI is InChI=1S/C15H13N3.ClH/c1-10-11-4-2-3-5-13(11)17-15-12(10)7-9-18-14(15)6-8-16-18;/h2-6,8H,7,9H2,1H3;1H. The number of aromatic nitrogens is 3. The lowest BCUT2D eigenvalue weighted by atomic mass is 9.96. The van der Waals surface area contributed by atoms with Gasteiger partial charge in [-0.2, -0.15) is 5.10 Å². The average molecular weight is 272 g/mol. The molecule has 0 saturated heterocycles. The zero-order chi connectivity index (χ0) is 12.1. The lowest BCUT2D eigenvalue weighted by molar-refractivity contribution is 0.603. The van der Waals surface area contributed by atoms with Gasteiger partial charge in [-0.05, 0) is 36.6 Å². The number of nitrogens with zero attached hydrogens (tertiary/aromatic N) is 3. The molecule has 19 heavy (non-hydrogen) atoms. The molecule has 4 rings (SSSR count). The van der Waals surface area contributed by atoms with Crippen molar-refractivity contribution < 1.29 is 0 Å². The molecule has 3 nitrogen and oxygen atoms in total. The van der Waals surface area contributed by atoms with Crippen LogP contribution in [-0.2, 0) is 13.0 Å². The molecule has 3 heterocycles. The topological polar surface area (TPSA) is 30.7 Å². The van der Waals surface area contributed by atoms with Gasteiger partial charge in [-0.25, -0.2) is 4.98 Å². The molecular weight excluding hydrogens is 258 g/mol. The Morgan fingerprint density at radius 3 is 2.89 bits per heavy atom. The third-order valence-electron chi connectivity index (χ3n) is 3.81. The van der Waals surface area contributed by atoms with E-state index in [0.29, 0.717) is 0 Å². The van der Waals surface area contributed by atoms with E-state index in [9.17, 15) is 0 Å². The largest absolute Gasteiger partial charge is 0.263 e. The zero-order valence-electron chi connectivity index (χ0n) is 10.6. The van der Waals surface area contributed by atoms with E-state index in [0.717, 1.165) is 29.9 Å². The molecule has 1 aliphatic rings. The third kappa shape index (κ3) is 1.65. The number of hydrogen-bond acceptors (Lipinski definition) is 2. The summed E-state index contributed by atoms with van der Waals surface area (Å²) in [4.78, 5) is 4.83. The minimum absolute atomic E-state index is 0. The molecule has 0 amide bonds. The second-order valence-corrected chi connectivity index (χ2v) is 4.77. The van der Waals surface area contributed by atoms with Crippen molar-refractivity contribution in [3.8, 4) is 11.4 Å². The van der Waals surface area contributed by atoms with Crippen LogP contribution in [0, 0.1) is 6.92 Å². The van der Waals surface area contributed by atoms with Crippen molar-refractivity contribution in [3.05, 3.63) is 47.7 Å². The molecule has 0 radical (unpaired) electrons. The van der Waals surface area contributed by atoms with Gasteiger partial charge < -0.3 is 0 Å². The second kappa shape index (κ2) is 4.35. The number of pyridine rings is 1. The highest BCUT2D eigenvalue weighted by atomic mass is 35.5. The molecule has 0 spiro atoms. The van der Waals surface area contributed by atoms with Crippen LogP contribution in [0.25, 0.3) is 22.3 Å². The quantitative estimate of drug-likeness (QED) is 0.627. The van der Waals surface area contributed by atoms with Gasteiger partial charge in [0.2, 0.25) is 0 Å². The number of benzene rings is 1. The summed E-state index contributed by atoms with van der Waals surface area (Å²) in [6, 6.07) is 10.4. The minimum atomic E-state index is 0. The smallest absolute Gasteiger partial charge is 0.0925 e. The number of hydrogen-bond donors (Lipinski definition) is 0. The normalized spacial score (nSPS) is 12.7. The Morgan fingerprint density at radius 1 is 1.16 bits per heavy atom. The molecule has 1 aromatic carbocycles. The van der Waals surface area contributed by atoms with Crippen LogP contribution in [0.3, 0.4) is 0 Å². The number of halogens is 1. The molecule has 0 saturated carbocycles. The van der Waals surface area contributed by atoms with Gasteiger partial charge in [0, 0.05) is 18.1 Å². The second-order valence-electron chi connectivity index (χ2n) is 4.77. The maximum atomic E-state index is 4.83. The van der Waals surface area contributed by atoms with Crippen LogP contribution in [0.2, 0.25) is 0 Å². The fourth-order valence-electron chi connectivity index (χ4n) is 2.86. The Kier molecular flexibility index (Phi) is 2.79. The molecule has 4 heteroatoms. The molecule has 1 aliphatic heterocycles. The predicted molar refractivity (Wildman–Crippen MR) is 78.7 cm³/mol. The monoisotopic (exact) mass is 271 g/mol. The first-order valence-electron chi connectivity index (χ1n) is 6.25. The van der Waals surface area contributed by atoms with Crippen molar-refractivity contribution >= 4 is 23.3 Å². The molecule has 0 unspecified atom stereocenters. The maximum absolute atomic E-state index is 4.83. The van der Waals surface area contributed by atoms with Gasteiger partial charge in [-0.15, -0.1) is 12.4 Å². The number of fused-ring (bicyclic) bond motifs is 4. The van der Waals surface area contributed by atoms with Crippen LogP contribution >= 0.6 is 12.4 Å². The summed E-state index contributed by atoms with van der Waals surface area (Å²) < 4.78 is 2.05. The van der Waals surface area contributed by atoms with Gasteiger partial charge in [0.15, 0.2) is 0 Å². The van der Waals surface area contributed by atoms with E-state index in [4.69, 9.17) is 4.98 Å². The van der Waals surface area contributed by atoms with Crippen LogP contribution in [-0.4, -0.2) is 14.8 Å². The predicted octanol–water partition coefficient (Wildman–Crippen LogP) is 3.38. The van der Waals surface area contributed by atoms with E-state index in [1.165, 1.54) is 16.5 Å². The first-order chi connectivity index (χ1) is 8.84. The Morgan fingerprint density at radius 2 is 2.00 bits per heavy atom. The van der Waals surface area contributed by atoms with Crippen LogP contribution in [0.5, 0.6) is 0 Å². The van der Waals surface area contributed by atoms with E-state index in [-0.39, 0.29) is 12.4 Å². The first kappa shape index (κ1) is 12.2. The van der Waals surface area contributed by atoms with Gasteiger partial charge in [0.25, 0.3) is 0 Å². The van der Waals surface area contributed by atoms with E-state index in [1.54, 1.807) is 0 Å². The summed E-state index contributed by atoms with van der Waals surface area (Å²) in [5.41, 5.74) is 6.06. The van der Waals surface area contributed by atoms with Gasteiger partial charge in [0.05, 0.1) is 16.9 Å². The number of rotatable bonds is 0. The first-order valence-corrected chi connectivity index (χ1v) is 6.25. The maximum Gasteiger partial charge on any atom is 0.0925 e. The van der Waals surface area contributed by atoms with Gasteiger partial charge in [-0.1, -0.05) is 18.2 Å². The molecule has 2 aromatic heterocycles. The van der Waals surface area contributed by atoms with Crippen molar-refractivity contribution in [3.63, 3.8) is 0 Å². The Bertz CT molecular complexity index is 761. The van der Waals surface area contributed by atoms with Crippen LogP contribution in [0.4, 0.5) is 0 Å². The van der Waals surface area contributed by atoms with Crippen molar-refractivity contribution in [2.24, 2.45) is 0 Å². The molecule has 0 aliphatic carbocycles. The Hall–Kier alpha value is -1.87. The third-order valence-corrected chi connectivity index (χ3v) is 3.81. The zero-order valence-corrected chi connectivity index (χ0v) is 11.4. The molecule has 0 bridgehead atoms. The Balaban J connectivity index is 0.00000110. The van der Waals surface area contributed by atoms with Crippen molar-refractivity contribution in [2.45, 2.75) is 19.9 Å². The van der Waals surface area contributed by atoms with Gasteiger partial charge in [0.1, 0.15) is 0 Å². The lowest BCUT2D eigenvalue weighted by Gasteiger charge is -2.20. The van der Waals surface area contributed by atoms with Crippen molar-refractivity contribution in [2.75, 3.05) is 0 Å². The highest BCUT2D eigenvalue weighted by molar-refractivity contribution is 5.87. The SMILES string of the molecule is Cc1c2c(nc3ccccc13)-c1ccnn1CC2.Cl. The fraction of sp³-hybridized carbons (Fsp3) is 0.200. The molecule has 0 N–H and O–H groups in total. The van der Waals surface area contributed by atoms with Crippen LogP contribution in [0.1, 0.15) is 11.1 Å². The molecule has 0 atom stereocenters. The highest BCUT2D eigenvalue weighted by Gasteiger charge is 2.20. The van der Waals surface area contributed by atoms with Crippen LogP contribution < -0.4 is 0 Å². The fourth-order valence-corrected chi connectivity index (χ4v) is 2.86. The van der Waals surface area contributed by atoms with E-state index >= 15 is 0 Å². The van der Waals surface area contributed by atoms with E-state index in [2.05, 4.69) is 36.3 Å². The van der Waals surface area contributed by atoms with Gasteiger partial charge >= 0.3 is 0 Å². The molecule has 3 aromatic rings. The summed E-state index contributed by atoms with van der Waals surface area (Å²) in [5.74, 6) is 0. The Labute approximate surface area is 117 Å². The van der Waals surface area contributed by atoms with Gasteiger partial charge in [-0.3, -0.25) is 4.68 Å². The summed E-state index contributed by atoms with van der Waals surface area (Å²) >= 11 is 0. The summed E-state index contributed by atoms with van der Waals surface area (Å²) in [6.07, 6.45) is 2.88. The molecule has 0 fully saturated rings. The summed E-state index contributed by atoms with van der Waals surface area (Å²) in [7, 11) is 0. The van der Waals surface area contributed by atoms with Crippen LogP contribution in [0.15, 0.2) is 36.5 Å². The van der Waals surface area contributed by atoms with Crippen molar-refractivity contribution in [1.29, 1.82) is 0 Å². The molecule has 96 valence electrons. The summed E-state index contributed by atoms with van der Waals surface area (Å²) in [5, 5.41) is 5.61. The summed E-state index contributed by atoms with van der Waals surface area (Å²) in [6.45, 7) is 3.16. The lowest BCUT2D eigenvalue weighted by Crippen LogP contribution is -2.14. The average Bonchev–Trinajstić information content (AvgIpc) is 2.88. The number of para-hydroxylation sites is 1. The highest BCUT2D eigenvalue weighted by Crippen LogP contribution is 2.32. The van der Waals surface area contributed by atoms with E-state index < -0.39 is 0 Å².